The quantitative estimate of drug-likeness (QED) is 0.213. The third-order valence-electron chi connectivity index (χ3n) is 4.46. The largest absolute Gasteiger partial charge is 0.370 e. The molecule has 0 bridgehead atoms. The minimum absolute atomic E-state index is 0. The summed E-state index contributed by atoms with van der Waals surface area (Å²) in [5.74, 6) is 3.16. The summed E-state index contributed by atoms with van der Waals surface area (Å²) in [5.41, 5.74) is 6.13. The number of rotatable bonds is 7. The second-order valence-electron chi connectivity index (χ2n) is 7.12. The zero-order valence-corrected chi connectivity index (χ0v) is 19.1. The van der Waals surface area contributed by atoms with Gasteiger partial charge >= 0.3 is 0 Å². The fourth-order valence-electron chi connectivity index (χ4n) is 2.97. The van der Waals surface area contributed by atoms with Crippen LogP contribution in [0.3, 0.4) is 0 Å². The maximum Gasteiger partial charge on any atom is 0.191 e. The number of piperidine rings is 1. The van der Waals surface area contributed by atoms with Crippen LogP contribution < -0.4 is 5.73 Å². The molecule has 1 aliphatic heterocycles. The molecule has 0 spiro atoms. The Balaban J connectivity index is 0.00000312. The van der Waals surface area contributed by atoms with E-state index in [-0.39, 0.29) is 24.0 Å². The Labute approximate surface area is 173 Å². The Morgan fingerprint density at radius 1 is 1.32 bits per heavy atom. The van der Waals surface area contributed by atoms with Gasteiger partial charge in [-0.15, -0.1) is 34.2 Å². The minimum Gasteiger partial charge on any atom is -0.370 e. The van der Waals surface area contributed by atoms with E-state index in [1.807, 2.05) is 0 Å². The zero-order chi connectivity index (χ0) is 17.5. The fraction of sp³-hybridized carbons (Fsp3) is 0.824. The molecule has 0 unspecified atom stereocenters. The van der Waals surface area contributed by atoms with Crippen molar-refractivity contribution in [2.45, 2.75) is 58.2 Å². The number of nitrogens with two attached hydrogens (primary N) is 1. The summed E-state index contributed by atoms with van der Waals surface area (Å²) in [4.78, 5) is 6.78. The number of hydrogen-bond acceptors (Lipinski definition) is 4. The van der Waals surface area contributed by atoms with Gasteiger partial charge in [0.2, 0.25) is 0 Å². The highest BCUT2D eigenvalue weighted by Crippen LogP contribution is 2.17. The lowest BCUT2D eigenvalue weighted by atomic mass is 10.00. The molecule has 1 fully saturated rings. The van der Waals surface area contributed by atoms with Gasteiger partial charge in [-0.25, -0.2) is 0 Å². The first-order chi connectivity index (χ1) is 11.5. The Kier molecular flexibility index (Phi) is 10.1. The smallest absolute Gasteiger partial charge is 0.191 e. The predicted octanol–water partition coefficient (Wildman–Crippen LogP) is 3.25. The lowest BCUT2D eigenvalue weighted by Gasteiger charge is -2.31. The van der Waals surface area contributed by atoms with Gasteiger partial charge in [0.05, 0.1) is 0 Å². The van der Waals surface area contributed by atoms with E-state index in [2.05, 4.69) is 51.7 Å². The third-order valence-corrected chi connectivity index (χ3v) is 5.13. The molecular formula is C17H33IN6S. The summed E-state index contributed by atoms with van der Waals surface area (Å²) in [6.45, 7) is 10.5. The number of guanidine groups is 1. The third kappa shape index (κ3) is 6.96. The van der Waals surface area contributed by atoms with Crippen LogP contribution in [0.25, 0.3) is 0 Å². The van der Waals surface area contributed by atoms with Crippen LogP contribution in [0, 0.1) is 11.8 Å². The van der Waals surface area contributed by atoms with Gasteiger partial charge in [-0.3, -0.25) is 4.99 Å². The molecule has 0 saturated carbocycles. The number of thioether (sulfide) groups is 1. The van der Waals surface area contributed by atoms with Crippen molar-refractivity contribution >= 4 is 41.7 Å². The second-order valence-corrected chi connectivity index (χ2v) is 7.89. The van der Waals surface area contributed by atoms with Gasteiger partial charge in [0, 0.05) is 32.6 Å². The summed E-state index contributed by atoms with van der Waals surface area (Å²) in [6, 6.07) is 0. The highest BCUT2D eigenvalue weighted by atomic mass is 127. The molecule has 0 amide bonds. The summed E-state index contributed by atoms with van der Waals surface area (Å²) in [5, 5.41) is 9.65. The molecule has 1 aromatic rings. The summed E-state index contributed by atoms with van der Waals surface area (Å²) in [6.07, 6.45) is 6.33. The molecule has 25 heavy (non-hydrogen) atoms. The van der Waals surface area contributed by atoms with Crippen LogP contribution in [0.1, 0.15) is 45.9 Å². The lowest BCUT2D eigenvalue weighted by Crippen LogP contribution is -2.42. The Morgan fingerprint density at radius 3 is 2.60 bits per heavy atom. The van der Waals surface area contributed by atoms with Gasteiger partial charge < -0.3 is 15.2 Å². The molecule has 1 aliphatic rings. The number of hydrogen-bond donors (Lipinski definition) is 1. The number of aryl methyl sites for hydroxylation is 1. The predicted molar refractivity (Wildman–Crippen MR) is 117 cm³/mol. The van der Waals surface area contributed by atoms with E-state index < -0.39 is 0 Å². The second kappa shape index (κ2) is 11.3. The number of nitrogens with zero attached hydrogens (tertiary/aromatic N) is 5. The molecule has 0 atom stereocenters. The standard InChI is InChI=1S/C17H32N6S.HI/c1-13(2)12-23-15(20-21-17(23)24-4)6-5-9-19-16(18)22-10-7-14(3)8-11-22;/h13-14H,5-12H2,1-4H3,(H2,18,19);1H. The van der Waals surface area contributed by atoms with Crippen molar-refractivity contribution in [2.75, 3.05) is 25.9 Å². The first-order valence-corrected chi connectivity index (χ1v) is 10.2. The lowest BCUT2D eigenvalue weighted by molar-refractivity contribution is 0.277. The van der Waals surface area contributed by atoms with Crippen molar-refractivity contribution in [1.82, 2.24) is 19.7 Å². The van der Waals surface area contributed by atoms with Gasteiger partial charge in [-0.05, 0) is 37.4 Å². The SMILES string of the molecule is CSc1nnc(CCCN=C(N)N2CCC(C)CC2)n1CC(C)C.I. The number of halogens is 1. The van der Waals surface area contributed by atoms with E-state index >= 15 is 0 Å². The normalized spacial score (nSPS) is 16.4. The first kappa shape index (κ1) is 22.5. The van der Waals surface area contributed by atoms with E-state index in [1.54, 1.807) is 11.8 Å². The van der Waals surface area contributed by atoms with Crippen molar-refractivity contribution in [3.63, 3.8) is 0 Å². The molecule has 2 N–H and O–H groups in total. The van der Waals surface area contributed by atoms with Crippen molar-refractivity contribution < 1.29 is 0 Å². The average molecular weight is 480 g/mol. The van der Waals surface area contributed by atoms with Crippen molar-refractivity contribution in [3.8, 4) is 0 Å². The zero-order valence-electron chi connectivity index (χ0n) is 15.9. The topological polar surface area (TPSA) is 72.3 Å². The van der Waals surface area contributed by atoms with Crippen molar-refractivity contribution in [2.24, 2.45) is 22.6 Å². The number of aliphatic imine (C=N–C) groups is 1. The molecule has 8 heteroatoms. The number of aromatic nitrogens is 3. The van der Waals surface area contributed by atoms with Crippen LogP contribution in [-0.2, 0) is 13.0 Å². The van der Waals surface area contributed by atoms with E-state index in [1.165, 1.54) is 12.8 Å². The maximum atomic E-state index is 6.13. The molecule has 144 valence electrons. The van der Waals surface area contributed by atoms with Crippen LogP contribution >= 0.6 is 35.7 Å². The molecule has 2 rings (SSSR count). The van der Waals surface area contributed by atoms with E-state index in [9.17, 15) is 0 Å². The van der Waals surface area contributed by atoms with Gasteiger partial charge in [0.15, 0.2) is 11.1 Å². The van der Waals surface area contributed by atoms with E-state index in [0.717, 1.165) is 55.9 Å². The van der Waals surface area contributed by atoms with Crippen LogP contribution in [0.4, 0.5) is 0 Å². The van der Waals surface area contributed by atoms with Crippen LogP contribution in [0.5, 0.6) is 0 Å². The average Bonchev–Trinajstić information content (AvgIpc) is 2.93. The summed E-state index contributed by atoms with van der Waals surface area (Å²) >= 11 is 1.66. The Hall–Kier alpha value is -0.510. The van der Waals surface area contributed by atoms with E-state index in [4.69, 9.17) is 5.73 Å². The highest BCUT2D eigenvalue weighted by Gasteiger charge is 2.17. The summed E-state index contributed by atoms with van der Waals surface area (Å²) < 4.78 is 2.24. The minimum atomic E-state index is 0. The number of likely N-dealkylation sites (tertiary alicyclic amines) is 1. The monoisotopic (exact) mass is 480 g/mol. The van der Waals surface area contributed by atoms with Crippen LogP contribution in [0.15, 0.2) is 10.1 Å². The summed E-state index contributed by atoms with van der Waals surface area (Å²) in [7, 11) is 0. The van der Waals surface area contributed by atoms with Crippen molar-refractivity contribution in [3.05, 3.63) is 5.82 Å². The Morgan fingerprint density at radius 2 is 2.00 bits per heavy atom. The van der Waals surface area contributed by atoms with Crippen molar-refractivity contribution in [1.29, 1.82) is 0 Å². The van der Waals surface area contributed by atoms with Crippen LogP contribution in [-0.4, -0.2) is 51.5 Å². The Bertz CT molecular complexity index is 537. The van der Waals surface area contributed by atoms with Gasteiger partial charge in [0.25, 0.3) is 0 Å². The molecule has 0 radical (unpaired) electrons. The molecule has 1 aromatic heterocycles. The molecule has 2 heterocycles. The first-order valence-electron chi connectivity index (χ1n) is 9.02. The molecule has 0 aliphatic carbocycles. The van der Waals surface area contributed by atoms with Gasteiger partial charge in [-0.1, -0.05) is 32.5 Å². The van der Waals surface area contributed by atoms with Gasteiger partial charge in [0.1, 0.15) is 5.82 Å². The maximum absolute atomic E-state index is 6.13. The van der Waals surface area contributed by atoms with Gasteiger partial charge in [-0.2, -0.15) is 0 Å². The fourth-order valence-corrected chi connectivity index (χ4v) is 3.49. The molecule has 1 saturated heterocycles. The molecule has 6 nitrogen and oxygen atoms in total. The van der Waals surface area contributed by atoms with Crippen LogP contribution in [0.2, 0.25) is 0 Å². The highest BCUT2D eigenvalue weighted by molar-refractivity contribution is 14.0. The molecular weight excluding hydrogens is 447 g/mol. The van der Waals surface area contributed by atoms with E-state index in [0.29, 0.717) is 11.9 Å². The molecule has 0 aromatic carbocycles.